The molecule has 0 unspecified atom stereocenters. The number of hydrogen-bond donors (Lipinski definition) is 5. The van der Waals surface area contributed by atoms with Crippen LogP contribution in [0, 0.1) is 0 Å². The standard InChI is InChI=1S/C14H17N6O5P/c1-8(15)14(21)18-12-7-6-10(13(16)17-12)20-19-9-4-2-3-5-11(9)25-26(22,23)24/h2-8H,15H2,1H3,(H2,22,23,24)(H3,16,17,18,21)/b20-19+/t8-/m0/s1. The van der Waals surface area contributed by atoms with E-state index >= 15 is 0 Å². The van der Waals surface area contributed by atoms with Crippen LogP contribution in [0.4, 0.5) is 23.0 Å². The first kappa shape index (κ1) is 19.5. The van der Waals surface area contributed by atoms with Gasteiger partial charge in [0, 0.05) is 0 Å². The van der Waals surface area contributed by atoms with Gasteiger partial charge in [-0.25, -0.2) is 9.55 Å². The molecular formula is C14H17N6O5P. The van der Waals surface area contributed by atoms with Gasteiger partial charge in [-0.3, -0.25) is 14.6 Å². The Balaban J connectivity index is 2.21. The van der Waals surface area contributed by atoms with Crippen LogP contribution in [-0.4, -0.2) is 26.7 Å². The summed E-state index contributed by atoms with van der Waals surface area (Å²) in [5.74, 6) is -0.370. The fraction of sp³-hybridized carbons (Fsp3) is 0.143. The Morgan fingerprint density at radius 2 is 1.88 bits per heavy atom. The van der Waals surface area contributed by atoms with E-state index in [2.05, 4.69) is 25.1 Å². The Labute approximate surface area is 148 Å². The molecule has 1 atom stereocenters. The normalized spacial score (nSPS) is 12.8. The van der Waals surface area contributed by atoms with Gasteiger partial charge in [0.25, 0.3) is 0 Å². The first-order valence-electron chi connectivity index (χ1n) is 7.24. The topological polar surface area (TPSA) is 186 Å². The van der Waals surface area contributed by atoms with Gasteiger partial charge < -0.3 is 21.3 Å². The SMILES string of the molecule is C[C@H](N)C(=O)Nc1ccc(/N=N/c2ccccc2OP(=O)(O)O)c(N)n1. The van der Waals surface area contributed by atoms with Crippen molar-refractivity contribution in [2.24, 2.45) is 16.0 Å². The average Bonchev–Trinajstić information content (AvgIpc) is 2.54. The third-order valence-electron chi connectivity index (χ3n) is 2.92. The molecule has 11 nitrogen and oxygen atoms in total. The van der Waals surface area contributed by atoms with Crippen molar-refractivity contribution < 1.29 is 23.7 Å². The number of pyridine rings is 1. The summed E-state index contributed by atoms with van der Waals surface area (Å²) in [6.45, 7) is 1.53. The first-order valence-corrected chi connectivity index (χ1v) is 8.77. The second-order valence-electron chi connectivity index (χ2n) is 5.13. The molecule has 12 heteroatoms. The van der Waals surface area contributed by atoms with Crippen LogP contribution in [0.25, 0.3) is 0 Å². The number of hydrogen-bond acceptors (Lipinski definition) is 8. The number of nitrogens with zero attached hydrogens (tertiary/aromatic N) is 3. The van der Waals surface area contributed by atoms with Gasteiger partial charge in [0.2, 0.25) is 5.91 Å². The molecule has 0 bridgehead atoms. The number of nitrogens with two attached hydrogens (primary N) is 2. The van der Waals surface area contributed by atoms with Crippen LogP contribution in [0.1, 0.15) is 6.92 Å². The maximum Gasteiger partial charge on any atom is 0.524 e. The largest absolute Gasteiger partial charge is 0.524 e. The lowest BCUT2D eigenvalue weighted by Crippen LogP contribution is -2.32. The van der Waals surface area contributed by atoms with E-state index in [0.717, 1.165) is 0 Å². The molecular weight excluding hydrogens is 363 g/mol. The van der Waals surface area contributed by atoms with Gasteiger partial charge >= 0.3 is 7.82 Å². The van der Waals surface area contributed by atoms with Crippen molar-refractivity contribution in [3.8, 4) is 5.75 Å². The van der Waals surface area contributed by atoms with Crippen LogP contribution >= 0.6 is 7.82 Å². The fourth-order valence-corrected chi connectivity index (χ4v) is 2.13. The number of azo groups is 1. The second kappa shape index (κ2) is 8.02. The molecule has 2 aromatic rings. The summed E-state index contributed by atoms with van der Waals surface area (Å²) in [6.07, 6.45) is 0. The number of amides is 1. The zero-order chi connectivity index (χ0) is 19.3. The summed E-state index contributed by atoms with van der Waals surface area (Å²) < 4.78 is 15.5. The number of benzene rings is 1. The van der Waals surface area contributed by atoms with Gasteiger partial charge in [0.05, 0.1) is 6.04 Å². The highest BCUT2D eigenvalue weighted by atomic mass is 31.2. The maximum absolute atomic E-state index is 11.5. The van der Waals surface area contributed by atoms with Crippen LogP contribution in [0.3, 0.4) is 0 Å². The lowest BCUT2D eigenvalue weighted by Gasteiger charge is -2.09. The second-order valence-corrected chi connectivity index (χ2v) is 6.29. The van der Waals surface area contributed by atoms with E-state index < -0.39 is 19.8 Å². The molecule has 1 aromatic heterocycles. The van der Waals surface area contributed by atoms with Crippen molar-refractivity contribution >= 4 is 36.7 Å². The molecule has 0 aliphatic carbocycles. The average molecular weight is 380 g/mol. The predicted octanol–water partition coefficient (Wildman–Crippen LogP) is 1.84. The Morgan fingerprint density at radius 1 is 1.23 bits per heavy atom. The number of rotatable bonds is 6. The van der Waals surface area contributed by atoms with E-state index in [4.69, 9.17) is 21.3 Å². The Hall–Kier alpha value is -2.85. The molecule has 0 aliphatic rings. The highest BCUT2D eigenvalue weighted by Gasteiger charge is 2.18. The molecule has 1 amide bonds. The third kappa shape index (κ3) is 5.60. The predicted molar refractivity (Wildman–Crippen MR) is 94.2 cm³/mol. The van der Waals surface area contributed by atoms with Crippen LogP contribution in [0.15, 0.2) is 46.6 Å². The summed E-state index contributed by atoms with van der Waals surface area (Å²) in [4.78, 5) is 33.3. The molecule has 26 heavy (non-hydrogen) atoms. The van der Waals surface area contributed by atoms with Crippen molar-refractivity contribution in [2.45, 2.75) is 13.0 Å². The minimum atomic E-state index is -4.74. The number of anilines is 2. The summed E-state index contributed by atoms with van der Waals surface area (Å²) in [6, 6.07) is 8.13. The summed E-state index contributed by atoms with van der Waals surface area (Å²) in [5, 5.41) is 10.2. The van der Waals surface area contributed by atoms with Crippen molar-refractivity contribution in [3.63, 3.8) is 0 Å². The van der Waals surface area contributed by atoms with E-state index in [0.29, 0.717) is 0 Å². The van der Waals surface area contributed by atoms with Crippen molar-refractivity contribution in [3.05, 3.63) is 36.4 Å². The minimum absolute atomic E-state index is 0.00962. The van der Waals surface area contributed by atoms with E-state index in [9.17, 15) is 9.36 Å². The molecule has 0 saturated carbocycles. The Kier molecular flexibility index (Phi) is 6.01. The molecule has 2 rings (SSSR count). The minimum Gasteiger partial charge on any atom is -0.402 e. The fourth-order valence-electron chi connectivity index (χ4n) is 1.71. The van der Waals surface area contributed by atoms with Gasteiger partial charge in [-0.2, -0.15) is 0 Å². The number of phosphoric ester groups is 1. The van der Waals surface area contributed by atoms with Gasteiger partial charge in [0.1, 0.15) is 17.2 Å². The maximum atomic E-state index is 11.5. The molecule has 1 aromatic carbocycles. The number of nitrogens with one attached hydrogen (secondary N) is 1. The smallest absolute Gasteiger partial charge is 0.402 e. The monoisotopic (exact) mass is 380 g/mol. The Bertz CT molecular complexity index is 882. The van der Waals surface area contributed by atoms with Crippen LogP contribution < -0.4 is 21.3 Å². The Morgan fingerprint density at radius 3 is 2.50 bits per heavy atom. The number of para-hydroxylation sites is 1. The van der Waals surface area contributed by atoms with Gasteiger partial charge in [-0.1, -0.05) is 12.1 Å². The van der Waals surface area contributed by atoms with E-state index in [1.54, 1.807) is 6.07 Å². The molecule has 0 aliphatic heterocycles. The summed E-state index contributed by atoms with van der Waals surface area (Å²) >= 11 is 0. The van der Waals surface area contributed by atoms with E-state index in [1.165, 1.54) is 37.3 Å². The number of carbonyl (C=O) groups excluding carboxylic acids is 1. The van der Waals surface area contributed by atoms with Crippen molar-refractivity contribution in [2.75, 3.05) is 11.1 Å². The number of nitrogen functional groups attached to an aromatic ring is 1. The lowest BCUT2D eigenvalue weighted by molar-refractivity contribution is -0.117. The van der Waals surface area contributed by atoms with Crippen LogP contribution in [-0.2, 0) is 9.36 Å². The molecule has 1 heterocycles. The molecule has 138 valence electrons. The van der Waals surface area contributed by atoms with Gasteiger partial charge in [0.15, 0.2) is 11.6 Å². The highest BCUT2D eigenvalue weighted by Crippen LogP contribution is 2.42. The van der Waals surface area contributed by atoms with E-state index in [1.807, 2.05) is 0 Å². The highest BCUT2D eigenvalue weighted by molar-refractivity contribution is 7.46. The van der Waals surface area contributed by atoms with E-state index in [-0.39, 0.29) is 28.8 Å². The van der Waals surface area contributed by atoms with Crippen molar-refractivity contribution in [1.82, 2.24) is 4.98 Å². The lowest BCUT2D eigenvalue weighted by atomic mass is 10.3. The van der Waals surface area contributed by atoms with Gasteiger partial charge in [-0.05, 0) is 31.2 Å². The molecule has 7 N–H and O–H groups in total. The molecule has 0 fully saturated rings. The van der Waals surface area contributed by atoms with Crippen LogP contribution in [0.2, 0.25) is 0 Å². The molecule has 0 radical (unpaired) electrons. The number of aromatic nitrogens is 1. The number of phosphoric acid groups is 1. The third-order valence-corrected chi connectivity index (χ3v) is 3.35. The summed E-state index contributed by atoms with van der Waals surface area (Å²) in [5.41, 5.74) is 11.5. The number of carbonyl (C=O) groups is 1. The summed E-state index contributed by atoms with van der Waals surface area (Å²) in [7, 11) is -4.74. The molecule has 0 spiro atoms. The van der Waals surface area contributed by atoms with Crippen molar-refractivity contribution in [1.29, 1.82) is 0 Å². The quantitative estimate of drug-likeness (QED) is 0.371. The molecule has 0 saturated heterocycles. The zero-order valence-corrected chi connectivity index (χ0v) is 14.5. The zero-order valence-electron chi connectivity index (χ0n) is 13.6. The van der Waals surface area contributed by atoms with Crippen LogP contribution in [0.5, 0.6) is 5.75 Å². The van der Waals surface area contributed by atoms with Gasteiger partial charge in [-0.15, -0.1) is 10.2 Å². The first-order chi connectivity index (χ1) is 12.2.